The average Bonchev–Trinajstić information content (AvgIpc) is 3.66. The highest BCUT2D eigenvalue weighted by atomic mass is 15.2. The van der Waals surface area contributed by atoms with Gasteiger partial charge in [0.1, 0.15) is 0 Å². The molecule has 4 heteroatoms. The Morgan fingerprint density at radius 1 is 0.183 bits per heavy atom. The van der Waals surface area contributed by atoms with Crippen molar-refractivity contribution < 1.29 is 0 Å². The number of nitrogens with zero attached hydrogens (tertiary/aromatic N) is 4. The van der Waals surface area contributed by atoms with E-state index in [-0.39, 0.29) is 0 Å². The standard InChI is InChI=1S/C78H52N4/c1-7-31-63-53(19-1)25-13-37-71(63)79(72-38-14-26-54-20-2-8-32-64(54)72)59-43-45-60(46-44-59)80-77-49-47-61(81(73-39-15-27-55-21-3-9-33-65(55)73)74-40-16-28-56-22-4-10-34-66(56)74)51-69(77)70-52-62(48-50-78(70)80)82(75-41-17-29-57-23-5-11-35-67(57)75)76-42-18-30-58-24-6-12-36-68(58)76/h1-52H. The summed E-state index contributed by atoms with van der Waals surface area (Å²) in [6.07, 6.45) is 0. The molecule has 0 aliphatic heterocycles. The van der Waals surface area contributed by atoms with E-state index in [9.17, 15) is 0 Å². The highest BCUT2D eigenvalue weighted by molar-refractivity contribution is 6.15. The van der Waals surface area contributed by atoms with Crippen LogP contribution in [0.5, 0.6) is 0 Å². The van der Waals surface area contributed by atoms with Gasteiger partial charge in [0.25, 0.3) is 0 Å². The van der Waals surface area contributed by atoms with E-state index in [0.29, 0.717) is 0 Å². The molecular formula is C78H52N4. The normalized spacial score (nSPS) is 11.7. The van der Waals surface area contributed by atoms with Crippen LogP contribution in [0.2, 0.25) is 0 Å². The Kier molecular flexibility index (Phi) is 11.2. The predicted octanol–water partition coefficient (Wildman–Crippen LogP) is 22.1. The fourth-order valence-electron chi connectivity index (χ4n) is 12.9. The third kappa shape index (κ3) is 7.76. The maximum absolute atomic E-state index is 2.47. The van der Waals surface area contributed by atoms with E-state index in [1.807, 2.05) is 0 Å². The fourth-order valence-corrected chi connectivity index (χ4v) is 12.9. The van der Waals surface area contributed by atoms with Crippen LogP contribution in [0.3, 0.4) is 0 Å². The highest BCUT2D eigenvalue weighted by Gasteiger charge is 2.25. The lowest BCUT2D eigenvalue weighted by atomic mass is 10.0. The maximum atomic E-state index is 2.47. The van der Waals surface area contributed by atoms with Crippen molar-refractivity contribution in [1.29, 1.82) is 0 Å². The molecule has 16 rings (SSSR count). The molecule has 0 aliphatic rings. The highest BCUT2D eigenvalue weighted by Crippen LogP contribution is 2.48. The van der Waals surface area contributed by atoms with Crippen molar-refractivity contribution >= 4 is 138 Å². The van der Waals surface area contributed by atoms with Gasteiger partial charge in [0, 0.05) is 65.8 Å². The van der Waals surface area contributed by atoms with Crippen LogP contribution in [0, 0.1) is 0 Å². The predicted molar refractivity (Wildman–Crippen MR) is 350 cm³/mol. The van der Waals surface area contributed by atoms with Crippen LogP contribution in [0.15, 0.2) is 315 Å². The van der Waals surface area contributed by atoms with Crippen LogP contribution in [-0.2, 0) is 0 Å². The van der Waals surface area contributed by atoms with Crippen LogP contribution in [0.1, 0.15) is 0 Å². The minimum Gasteiger partial charge on any atom is -0.309 e. The van der Waals surface area contributed by atoms with Crippen molar-refractivity contribution in [3.8, 4) is 5.69 Å². The van der Waals surface area contributed by atoms with Gasteiger partial charge >= 0.3 is 0 Å². The van der Waals surface area contributed by atoms with E-state index in [4.69, 9.17) is 0 Å². The lowest BCUT2D eigenvalue weighted by Gasteiger charge is -2.28. The molecule has 0 fully saturated rings. The molecule has 4 nitrogen and oxygen atoms in total. The monoisotopic (exact) mass is 1040 g/mol. The summed E-state index contributed by atoms with van der Waals surface area (Å²) in [5, 5.41) is 16.6. The van der Waals surface area contributed by atoms with Gasteiger partial charge in [-0.15, -0.1) is 0 Å². The zero-order chi connectivity index (χ0) is 54.1. The first kappa shape index (κ1) is 47.1. The molecule has 15 aromatic carbocycles. The summed E-state index contributed by atoms with van der Waals surface area (Å²) in [6.45, 7) is 0. The molecule has 0 bridgehead atoms. The van der Waals surface area contributed by atoms with Gasteiger partial charge in [-0.2, -0.15) is 0 Å². The molecule has 0 N–H and O–H groups in total. The SMILES string of the molecule is c1ccc2c(N(c3ccc(-n4c5ccc(N(c6cccc7ccccc67)c6cccc7ccccc67)cc5c5cc(N(c6cccc7ccccc67)c6cccc7ccccc67)ccc54)cc3)c3cccc4ccccc34)cccc2c1. The lowest BCUT2D eigenvalue weighted by Crippen LogP contribution is -2.11. The molecule has 16 aromatic rings. The fraction of sp³-hybridized carbons (Fsp3) is 0. The van der Waals surface area contributed by atoms with E-state index in [1.165, 1.54) is 64.6 Å². The number of benzene rings is 15. The van der Waals surface area contributed by atoms with Crippen molar-refractivity contribution in [2.45, 2.75) is 0 Å². The Balaban J connectivity index is 0.949. The Morgan fingerprint density at radius 3 is 0.695 bits per heavy atom. The number of aromatic nitrogens is 1. The molecule has 1 heterocycles. The molecule has 0 radical (unpaired) electrons. The smallest absolute Gasteiger partial charge is 0.0542 e. The number of hydrogen-bond donors (Lipinski definition) is 0. The van der Waals surface area contributed by atoms with E-state index >= 15 is 0 Å². The lowest BCUT2D eigenvalue weighted by molar-refractivity contribution is 1.17. The summed E-state index contributed by atoms with van der Waals surface area (Å²) in [7, 11) is 0. The average molecular weight is 1050 g/mol. The van der Waals surface area contributed by atoms with Gasteiger partial charge in [-0.1, -0.05) is 218 Å². The van der Waals surface area contributed by atoms with Crippen LogP contribution in [-0.4, -0.2) is 4.57 Å². The van der Waals surface area contributed by atoms with Gasteiger partial charge in [-0.05, 0) is 129 Å². The van der Waals surface area contributed by atoms with Crippen LogP contribution in [0.4, 0.5) is 51.2 Å². The van der Waals surface area contributed by atoms with Crippen LogP contribution in [0.25, 0.3) is 92.1 Å². The molecule has 0 amide bonds. The third-order valence-corrected chi connectivity index (χ3v) is 16.7. The second-order valence-corrected chi connectivity index (χ2v) is 21.3. The summed E-state index contributed by atoms with van der Waals surface area (Å²) in [5.41, 5.74) is 13.2. The second-order valence-electron chi connectivity index (χ2n) is 21.3. The van der Waals surface area contributed by atoms with Gasteiger partial charge in [0.15, 0.2) is 0 Å². The van der Waals surface area contributed by atoms with Crippen molar-refractivity contribution in [1.82, 2.24) is 4.57 Å². The molecule has 0 unspecified atom stereocenters. The Bertz CT molecular complexity index is 4660. The largest absolute Gasteiger partial charge is 0.309 e. The Hall–Kier alpha value is -10.9. The molecule has 82 heavy (non-hydrogen) atoms. The zero-order valence-corrected chi connectivity index (χ0v) is 44.8. The van der Waals surface area contributed by atoms with Gasteiger partial charge < -0.3 is 19.3 Å². The molecule has 0 atom stereocenters. The second kappa shape index (κ2) is 19.5. The quantitative estimate of drug-likeness (QED) is 0.136. The maximum Gasteiger partial charge on any atom is 0.0542 e. The molecule has 0 saturated carbocycles. The minimum absolute atomic E-state index is 1.07. The first-order valence-electron chi connectivity index (χ1n) is 28.2. The summed E-state index contributed by atoms with van der Waals surface area (Å²) >= 11 is 0. The number of anilines is 9. The van der Waals surface area contributed by atoms with Gasteiger partial charge in [0.2, 0.25) is 0 Å². The van der Waals surface area contributed by atoms with Gasteiger partial charge in [-0.3, -0.25) is 0 Å². The number of fused-ring (bicyclic) bond motifs is 9. The molecule has 0 saturated heterocycles. The van der Waals surface area contributed by atoms with Crippen molar-refractivity contribution in [2.24, 2.45) is 0 Å². The first-order chi connectivity index (χ1) is 40.7. The molecule has 0 aliphatic carbocycles. The Morgan fingerprint density at radius 2 is 0.415 bits per heavy atom. The number of rotatable bonds is 10. The molecule has 0 spiro atoms. The first-order valence-corrected chi connectivity index (χ1v) is 28.2. The van der Waals surface area contributed by atoms with Crippen molar-refractivity contribution in [3.05, 3.63) is 315 Å². The van der Waals surface area contributed by atoms with E-state index < -0.39 is 0 Å². The van der Waals surface area contributed by atoms with Crippen LogP contribution < -0.4 is 14.7 Å². The van der Waals surface area contributed by atoms with Crippen molar-refractivity contribution in [2.75, 3.05) is 14.7 Å². The van der Waals surface area contributed by atoms with Crippen molar-refractivity contribution in [3.63, 3.8) is 0 Å². The molecule has 1 aromatic heterocycles. The van der Waals surface area contributed by atoms with E-state index in [2.05, 4.69) is 335 Å². The summed E-state index contributed by atoms with van der Waals surface area (Å²) in [5.74, 6) is 0. The molecular weight excluding hydrogens is 993 g/mol. The third-order valence-electron chi connectivity index (χ3n) is 16.7. The zero-order valence-electron chi connectivity index (χ0n) is 44.8. The van der Waals surface area contributed by atoms with Crippen LogP contribution >= 0.6 is 0 Å². The topological polar surface area (TPSA) is 14.7 Å². The molecule has 384 valence electrons. The van der Waals surface area contributed by atoms with Gasteiger partial charge in [0.05, 0.1) is 45.2 Å². The summed E-state index contributed by atoms with van der Waals surface area (Å²) < 4.78 is 2.46. The number of hydrogen-bond acceptors (Lipinski definition) is 3. The van der Waals surface area contributed by atoms with E-state index in [0.717, 1.165) is 78.7 Å². The summed E-state index contributed by atoms with van der Waals surface area (Å²) in [4.78, 5) is 7.38. The van der Waals surface area contributed by atoms with Gasteiger partial charge in [-0.25, -0.2) is 0 Å². The minimum atomic E-state index is 1.07. The van der Waals surface area contributed by atoms with E-state index in [1.54, 1.807) is 0 Å². The summed E-state index contributed by atoms with van der Waals surface area (Å²) in [6, 6.07) is 116. The Labute approximate surface area is 475 Å².